The maximum Gasteiger partial charge on any atom is 0.404 e. The Morgan fingerprint density at radius 1 is 1.50 bits per heavy atom. The van der Waals surface area contributed by atoms with Gasteiger partial charge in [0.15, 0.2) is 0 Å². The summed E-state index contributed by atoms with van der Waals surface area (Å²) in [5.74, 6) is -1.89. The maximum atomic E-state index is 12.2. The lowest BCUT2D eigenvalue weighted by molar-refractivity contribution is -0.174. The first-order valence-corrected chi connectivity index (χ1v) is 3.84. The molecule has 0 unspecified atom stereocenters. The first-order valence-electron chi connectivity index (χ1n) is 3.84. The first-order chi connectivity index (χ1) is 5.96. The number of alkyl halides is 3. The van der Waals surface area contributed by atoms with Crippen LogP contribution in [0.5, 0.6) is 0 Å². The highest BCUT2D eigenvalue weighted by molar-refractivity contribution is 5.85. The second-order valence-corrected chi connectivity index (χ2v) is 2.89. The van der Waals surface area contributed by atoms with Crippen molar-refractivity contribution in [3.8, 4) is 0 Å². The second-order valence-electron chi connectivity index (χ2n) is 2.89. The van der Waals surface area contributed by atoms with Gasteiger partial charge in [-0.1, -0.05) is 0 Å². The molecule has 1 aliphatic heterocycles. The Bertz CT molecular complexity index is 210. The fourth-order valence-corrected chi connectivity index (χ4v) is 1.45. The van der Waals surface area contributed by atoms with Gasteiger partial charge in [-0.25, -0.2) is 0 Å². The lowest BCUT2D eigenvalue weighted by Crippen LogP contribution is -2.44. The molecule has 1 fully saturated rings. The summed E-state index contributed by atoms with van der Waals surface area (Å²) in [6, 6.07) is -1.75. The number of nitrogens with one attached hydrogen (secondary N) is 1. The zero-order chi connectivity index (χ0) is 10.1. The van der Waals surface area contributed by atoms with Gasteiger partial charge in [0.1, 0.15) is 6.04 Å². The van der Waals surface area contributed by atoms with Crippen LogP contribution < -0.4 is 5.32 Å². The fourth-order valence-electron chi connectivity index (χ4n) is 1.45. The Hall–Kier alpha value is -0.490. The monoisotopic (exact) mass is 233 g/mol. The van der Waals surface area contributed by atoms with Gasteiger partial charge in [-0.05, 0) is 13.0 Å². The number of esters is 1. The summed E-state index contributed by atoms with van der Waals surface area (Å²) in [7, 11) is 1.09. The Morgan fingerprint density at radius 3 is 2.50 bits per heavy atom. The zero-order valence-electron chi connectivity index (χ0n) is 7.43. The van der Waals surface area contributed by atoms with Crippen LogP contribution in [0.15, 0.2) is 0 Å². The minimum Gasteiger partial charge on any atom is -0.469 e. The van der Waals surface area contributed by atoms with Crippen LogP contribution in [-0.4, -0.2) is 31.8 Å². The van der Waals surface area contributed by atoms with E-state index in [2.05, 4.69) is 10.1 Å². The van der Waals surface area contributed by atoms with Gasteiger partial charge in [-0.3, -0.25) is 4.79 Å². The van der Waals surface area contributed by atoms with E-state index in [4.69, 9.17) is 0 Å². The molecular formula is C7H11ClF3NO2. The van der Waals surface area contributed by atoms with Crippen molar-refractivity contribution in [3.63, 3.8) is 0 Å². The lowest BCUT2D eigenvalue weighted by Gasteiger charge is -2.20. The first kappa shape index (κ1) is 13.5. The predicted octanol–water partition coefficient (Wildman–Crippen LogP) is 1.12. The van der Waals surface area contributed by atoms with E-state index in [1.807, 2.05) is 0 Å². The van der Waals surface area contributed by atoms with Crippen LogP contribution in [-0.2, 0) is 9.53 Å². The van der Waals surface area contributed by atoms with Crippen molar-refractivity contribution < 1.29 is 22.7 Å². The summed E-state index contributed by atoms with van der Waals surface area (Å²) in [5, 5.41) is 2.24. The average molecular weight is 234 g/mol. The van der Waals surface area contributed by atoms with Crippen molar-refractivity contribution in [2.24, 2.45) is 5.92 Å². The highest BCUT2D eigenvalue weighted by Gasteiger charge is 2.50. The van der Waals surface area contributed by atoms with Gasteiger partial charge < -0.3 is 10.1 Å². The van der Waals surface area contributed by atoms with Gasteiger partial charge in [-0.2, -0.15) is 13.2 Å². The number of methoxy groups -OCH3 is 1. The molecule has 84 valence electrons. The third kappa shape index (κ3) is 2.75. The van der Waals surface area contributed by atoms with E-state index in [-0.39, 0.29) is 25.4 Å². The van der Waals surface area contributed by atoms with Crippen molar-refractivity contribution in [1.82, 2.24) is 5.32 Å². The molecular weight excluding hydrogens is 223 g/mol. The van der Waals surface area contributed by atoms with Crippen LogP contribution in [0, 0.1) is 5.92 Å². The summed E-state index contributed by atoms with van der Waals surface area (Å²) >= 11 is 0. The molecule has 1 heterocycles. The van der Waals surface area contributed by atoms with Crippen LogP contribution in [0.25, 0.3) is 0 Å². The molecule has 2 atom stereocenters. The van der Waals surface area contributed by atoms with Gasteiger partial charge >= 0.3 is 12.1 Å². The second kappa shape index (κ2) is 4.84. The predicted molar refractivity (Wildman–Crippen MR) is 45.2 cm³/mol. The molecule has 1 aliphatic rings. The van der Waals surface area contributed by atoms with Gasteiger partial charge in [-0.15, -0.1) is 12.4 Å². The molecule has 0 aromatic rings. The third-order valence-corrected chi connectivity index (χ3v) is 2.08. The molecule has 1 rings (SSSR count). The molecule has 0 bridgehead atoms. The summed E-state index contributed by atoms with van der Waals surface area (Å²) in [5.41, 5.74) is 0. The Kier molecular flexibility index (Phi) is 4.67. The number of carbonyl (C=O) groups is 1. The van der Waals surface area contributed by atoms with Crippen molar-refractivity contribution in [1.29, 1.82) is 0 Å². The van der Waals surface area contributed by atoms with E-state index in [0.29, 0.717) is 0 Å². The molecule has 0 spiro atoms. The minimum atomic E-state index is -4.38. The topological polar surface area (TPSA) is 38.3 Å². The minimum absolute atomic E-state index is 0. The van der Waals surface area contributed by atoms with Gasteiger partial charge in [0.2, 0.25) is 0 Å². The zero-order valence-corrected chi connectivity index (χ0v) is 8.24. The van der Waals surface area contributed by atoms with E-state index >= 15 is 0 Å². The van der Waals surface area contributed by atoms with Gasteiger partial charge in [0.05, 0.1) is 13.0 Å². The summed E-state index contributed by atoms with van der Waals surface area (Å²) in [6.45, 7) is 0.198. The third-order valence-electron chi connectivity index (χ3n) is 2.08. The molecule has 7 heteroatoms. The van der Waals surface area contributed by atoms with Crippen LogP contribution in [0.2, 0.25) is 0 Å². The van der Waals surface area contributed by atoms with E-state index in [9.17, 15) is 18.0 Å². The molecule has 0 saturated carbocycles. The van der Waals surface area contributed by atoms with E-state index in [1.165, 1.54) is 0 Å². The number of halogens is 4. The van der Waals surface area contributed by atoms with E-state index < -0.39 is 24.1 Å². The summed E-state index contributed by atoms with van der Waals surface area (Å²) < 4.78 is 41.0. The number of hydrogen-bond donors (Lipinski definition) is 1. The Labute approximate surface area is 85.4 Å². The number of carbonyl (C=O) groups excluding carboxylic acids is 1. The Balaban J connectivity index is 0.00000169. The van der Waals surface area contributed by atoms with E-state index in [0.717, 1.165) is 7.11 Å². The largest absolute Gasteiger partial charge is 0.469 e. The van der Waals surface area contributed by atoms with Crippen molar-refractivity contribution in [2.45, 2.75) is 18.6 Å². The van der Waals surface area contributed by atoms with E-state index in [1.54, 1.807) is 0 Å². The Morgan fingerprint density at radius 2 is 2.07 bits per heavy atom. The van der Waals surface area contributed by atoms with Crippen LogP contribution in [0.3, 0.4) is 0 Å². The molecule has 0 aromatic carbocycles. The quantitative estimate of drug-likeness (QED) is 0.690. The standard InChI is InChI=1S/C7H10F3NO2.ClH/c1-13-6(12)4-2-3-11-5(4)7(8,9)10;/h4-5,11H,2-3H2,1H3;1H/t4-,5+;/m0./s1. The number of rotatable bonds is 1. The lowest BCUT2D eigenvalue weighted by atomic mass is 10.0. The van der Waals surface area contributed by atoms with Crippen LogP contribution >= 0.6 is 12.4 Å². The molecule has 3 nitrogen and oxygen atoms in total. The smallest absolute Gasteiger partial charge is 0.404 e. The normalized spacial score (nSPS) is 26.9. The number of hydrogen-bond acceptors (Lipinski definition) is 3. The SMILES string of the molecule is COC(=O)[C@H]1CCN[C@H]1C(F)(F)F.Cl. The summed E-state index contributed by atoms with van der Waals surface area (Å²) in [6.07, 6.45) is -4.20. The van der Waals surface area contributed by atoms with Crippen LogP contribution in [0.4, 0.5) is 13.2 Å². The highest BCUT2D eigenvalue weighted by atomic mass is 35.5. The molecule has 0 aromatic heterocycles. The van der Waals surface area contributed by atoms with Gasteiger partial charge in [0.25, 0.3) is 0 Å². The van der Waals surface area contributed by atoms with Crippen molar-refractivity contribution in [2.75, 3.05) is 13.7 Å². The van der Waals surface area contributed by atoms with Gasteiger partial charge in [0, 0.05) is 0 Å². The molecule has 1 N–H and O–H groups in total. The van der Waals surface area contributed by atoms with Crippen molar-refractivity contribution in [3.05, 3.63) is 0 Å². The molecule has 14 heavy (non-hydrogen) atoms. The van der Waals surface area contributed by atoms with Crippen LogP contribution in [0.1, 0.15) is 6.42 Å². The average Bonchev–Trinajstić information content (AvgIpc) is 2.49. The summed E-state index contributed by atoms with van der Waals surface area (Å²) in [4.78, 5) is 10.9. The molecule has 1 saturated heterocycles. The highest BCUT2D eigenvalue weighted by Crippen LogP contribution is 2.31. The number of ether oxygens (including phenoxy) is 1. The van der Waals surface area contributed by atoms with Crippen molar-refractivity contribution >= 4 is 18.4 Å². The molecule has 0 amide bonds. The fraction of sp³-hybridized carbons (Fsp3) is 0.857. The molecule has 0 aliphatic carbocycles. The molecule has 0 radical (unpaired) electrons. The maximum absolute atomic E-state index is 12.2.